The lowest BCUT2D eigenvalue weighted by molar-refractivity contribution is -0.123. The summed E-state index contributed by atoms with van der Waals surface area (Å²) in [6.07, 6.45) is 1.67. The van der Waals surface area contributed by atoms with Gasteiger partial charge in [0.15, 0.2) is 0 Å². The summed E-state index contributed by atoms with van der Waals surface area (Å²) < 4.78 is 3.22. The van der Waals surface area contributed by atoms with Gasteiger partial charge in [0.25, 0.3) is 5.56 Å². The van der Waals surface area contributed by atoms with Gasteiger partial charge in [0.2, 0.25) is 5.91 Å². The molecule has 0 saturated carbocycles. The predicted molar refractivity (Wildman–Crippen MR) is 96.7 cm³/mol. The van der Waals surface area contributed by atoms with Crippen LogP contribution in [0.2, 0.25) is 0 Å². The molecule has 0 aliphatic heterocycles. The first-order valence-electron chi connectivity index (χ1n) is 8.10. The third kappa shape index (κ3) is 3.08. The molecule has 0 spiro atoms. The zero-order valence-corrected chi connectivity index (χ0v) is 15.2. The van der Waals surface area contributed by atoms with Gasteiger partial charge in [0.1, 0.15) is 22.7 Å². The largest absolute Gasteiger partial charge is 0.350 e. The molecule has 3 aromatic rings. The third-order valence-corrected chi connectivity index (χ3v) is 4.55. The van der Waals surface area contributed by atoms with E-state index in [1.807, 2.05) is 42.7 Å². The summed E-state index contributed by atoms with van der Waals surface area (Å²) in [4.78, 5) is 26.0. The molecule has 24 heavy (non-hydrogen) atoms. The number of carbonyl (C=O) groups is 1. The summed E-state index contributed by atoms with van der Waals surface area (Å²) >= 11 is 1.60. The minimum Gasteiger partial charge on any atom is -0.350 e. The smallest absolute Gasteiger partial charge is 0.291 e. The molecule has 3 heterocycles. The molecule has 7 heteroatoms. The monoisotopic (exact) mass is 346 g/mol. The standard InChI is InChI=1S/C17H22N4O2S/c1-5-6-13-19-20(10-14(22)18-17(2,3)4)15(23)12-9-11-7-8-24-16(11)21(12)13/h7-9H,5-6,10H2,1-4H3,(H,18,22). The molecule has 0 saturated heterocycles. The van der Waals surface area contributed by atoms with Crippen LogP contribution in [0.5, 0.6) is 0 Å². The van der Waals surface area contributed by atoms with Gasteiger partial charge in [-0.05, 0) is 44.7 Å². The molecule has 0 unspecified atom stereocenters. The van der Waals surface area contributed by atoms with E-state index in [9.17, 15) is 9.59 Å². The Morgan fingerprint density at radius 1 is 1.38 bits per heavy atom. The minimum atomic E-state index is -0.339. The van der Waals surface area contributed by atoms with Crippen molar-refractivity contribution in [3.05, 3.63) is 33.7 Å². The molecule has 0 aromatic carbocycles. The topological polar surface area (TPSA) is 68.4 Å². The molecular weight excluding hydrogens is 324 g/mol. The number of nitrogens with one attached hydrogen (secondary N) is 1. The number of carbonyl (C=O) groups excluding carboxylic acids is 1. The highest BCUT2D eigenvalue weighted by Gasteiger charge is 2.18. The second-order valence-electron chi connectivity index (χ2n) is 6.97. The Hall–Kier alpha value is -2.15. The van der Waals surface area contributed by atoms with E-state index in [1.165, 1.54) is 4.68 Å². The van der Waals surface area contributed by atoms with Gasteiger partial charge < -0.3 is 5.32 Å². The fourth-order valence-electron chi connectivity index (χ4n) is 2.79. The Morgan fingerprint density at radius 3 is 2.79 bits per heavy atom. The first-order chi connectivity index (χ1) is 11.3. The minimum absolute atomic E-state index is 0.0673. The van der Waals surface area contributed by atoms with Crippen molar-refractivity contribution in [2.75, 3.05) is 0 Å². The number of nitrogens with zero attached hydrogens (tertiary/aromatic N) is 3. The maximum absolute atomic E-state index is 12.8. The number of hydrogen-bond acceptors (Lipinski definition) is 4. The number of fused-ring (bicyclic) bond motifs is 3. The Labute approximate surface area is 144 Å². The number of aryl methyl sites for hydroxylation is 1. The number of thiophene rings is 1. The van der Waals surface area contributed by atoms with Crippen molar-refractivity contribution in [1.82, 2.24) is 19.5 Å². The van der Waals surface area contributed by atoms with Crippen molar-refractivity contribution in [3.63, 3.8) is 0 Å². The zero-order valence-electron chi connectivity index (χ0n) is 14.4. The van der Waals surface area contributed by atoms with Gasteiger partial charge in [0, 0.05) is 17.3 Å². The number of aromatic nitrogens is 3. The lowest BCUT2D eigenvalue weighted by Gasteiger charge is -2.20. The molecular formula is C17H22N4O2S. The van der Waals surface area contributed by atoms with Crippen molar-refractivity contribution < 1.29 is 4.79 Å². The Balaban J connectivity index is 2.10. The number of amides is 1. The molecule has 0 atom stereocenters. The molecule has 0 fully saturated rings. The summed E-state index contributed by atoms with van der Waals surface area (Å²) in [5.41, 5.74) is 0.00972. The van der Waals surface area contributed by atoms with Crippen molar-refractivity contribution in [1.29, 1.82) is 0 Å². The van der Waals surface area contributed by atoms with Gasteiger partial charge in [-0.3, -0.25) is 14.0 Å². The van der Waals surface area contributed by atoms with Crippen LogP contribution in [0.4, 0.5) is 0 Å². The Morgan fingerprint density at radius 2 is 2.12 bits per heavy atom. The molecule has 128 valence electrons. The maximum Gasteiger partial charge on any atom is 0.291 e. The van der Waals surface area contributed by atoms with Crippen LogP contribution in [0.15, 0.2) is 22.3 Å². The SMILES string of the molecule is CCCc1nn(CC(=O)NC(C)(C)C)c(=O)c2cc3ccsc3n12. The van der Waals surface area contributed by atoms with E-state index >= 15 is 0 Å². The molecule has 0 radical (unpaired) electrons. The molecule has 1 amide bonds. The highest BCUT2D eigenvalue weighted by atomic mass is 32.1. The summed E-state index contributed by atoms with van der Waals surface area (Å²) in [5.74, 6) is 0.602. The van der Waals surface area contributed by atoms with Gasteiger partial charge in [-0.15, -0.1) is 11.3 Å². The average Bonchev–Trinajstić information content (AvgIpc) is 3.02. The summed E-state index contributed by atoms with van der Waals surface area (Å²) in [5, 5.41) is 10.4. The highest BCUT2D eigenvalue weighted by Crippen LogP contribution is 2.25. The zero-order chi connectivity index (χ0) is 17.5. The normalized spacial score (nSPS) is 12.2. The molecule has 0 aliphatic carbocycles. The first-order valence-corrected chi connectivity index (χ1v) is 8.98. The fourth-order valence-corrected chi connectivity index (χ4v) is 3.70. The van der Waals surface area contributed by atoms with Gasteiger partial charge >= 0.3 is 0 Å². The maximum atomic E-state index is 12.8. The van der Waals surface area contributed by atoms with Crippen LogP contribution in [0.3, 0.4) is 0 Å². The molecule has 1 N–H and O–H groups in total. The lowest BCUT2D eigenvalue weighted by atomic mass is 10.1. The van der Waals surface area contributed by atoms with Gasteiger partial charge in [0.05, 0.1) is 0 Å². The molecule has 6 nitrogen and oxygen atoms in total. The van der Waals surface area contributed by atoms with E-state index in [0.29, 0.717) is 5.52 Å². The average molecular weight is 346 g/mol. The van der Waals surface area contributed by atoms with Gasteiger partial charge in [-0.2, -0.15) is 5.10 Å². The van der Waals surface area contributed by atoms with E-state index in [-0.39, 0.29) is 23.6 Å². The van der Waals surface area contributed by atoms with Crippen molar-refractivity contribution in [2.45, 2.75) is 52.6 Å². The molecule has 3 aromatic heterocycles. The van der Waals surface area contributed by atoms with E-state index in [2.05, 4.69) is 17.3 Å². The van der Waals surface area contributed by atoms with Crippen LogP contribution >= 0.6 is 11.3 Å². The van der Waals surface area contributed by atoms with Gasteiger partial charge in [-0.25, -0.2) is 4.68 Å². The van der Waals surface area contributed by atoms with Crippen LogP contribution in [0.25, 0.3) is 15.7 Å². The third-order valence-electron chi connectivity index (χ3n) is 3.64. The van der Waals surface area contributed by atoms with Crippen LogP contribution in [0, 0.1) is 0 Å². The number of hydrogen-bond donors (Lipinski definition) is 1. The van der Waals surface area contributed by atoms with E-state index in [0.717, 1.165) is 28.9 Å². The highest BCUT2D eigenvalue weighted by molar-refractivity contribution is 7.16. The summed E-state index contributed by atoms with van der Waals surface area (Å²) in [7, 11) is 0. The Bertz CT molecular complexity index is 959. The van der Waals surface area contributed by atoms with E-state index in [4.69, 9.17) is 0 Å². The lowest BCUT2D eigenvalue weighted by Crippen LogP contribution is -2.44. The predicted octanol–water partition coefficient (Wildman–Crippen LogP) is 2.58. The molecule has 0 bridgehead atoms. The van der Waals surface area contributed by atoms with E-state index in [1.54, 1.807) is 11.3 Å². The van der Waals surface area contributed by atoms with Crippen molar-refractivity contribution in [2.24, 2.45) is 0 Å². The van der Waals surface area contributed by atoms with Crippen LogP contribution in [-0.2, 0) is 17.8 Å². The van der Waals surface area contributed by atoms with Crippen molar-refractivity contribution >= 4 is 33.0 Å². The number of rotatable bonds is 4. The fraction of sp³-hybridized carbons (Fsp3) is 0.471. The first kappa shape index (κ1) is 16.7. The van der Waals surface area contributed by atoms with E-state index < -0.39 is 0 Å². The van der Waals surface area contributed by atoms with Crippen LogP contribution in [-0.4, -0.2) is 25.6 Å². The molecule has 0 aliphatic rings. The molecule has 3 rings (SSSR count). The Kier molecular flexibility index (Phi) is 4.21. The quantitative estimate of drug-likeness (QED) is 0.789. The van der Waals surface area contributed by atoms with Crippen molar-refractivity contribution in [3.8, 4) is 0 Å². The second kappa shape index (κ2) is 6.05. The second-order valence-corrected chi connectivity index (χ2v) is 7.87. The van der Waals surface area contributed by atoms with Crippen LogP contribution < -0.4 is 10.9 Å². The van der Waals surface area contributed by atoms with Gasteiger partial charge in [-0.1, -0.05) is 6.92 Å². The summed E-state index contributed by atoms with van der Waals surface area (Å²) in [6.45, 7) is 7.74. The van der Waals surface area contributed by atoms with Crippen LogP contribution in [0.1, 0.15) is 39.9 Å². The summed E-state index contributed by atoms with van der Waals surface area (Å²) in [6, 6.07) is 3.88.